The van der Waals surface area contributed by atoms with Crippen molar-refractivity contribution >= 4 is 30.1 Å². The van der Waals surface area contributed by atoms with Gasteiger partial charge in [0.15, 0.2) is 0 Å². The first-order chi connectivity index (χ1) is 23.0. The summed E-state index contributed by atoms with van der Waals surface area (Å²) in [6.07, 6.45) is 15.1. The van der Waals surface area contributed by atoms with E-state index in [-0.39, 0.29) is 26.1 Å². The molecule has 0 aliphatic carbocycles. The first kappa shape index (κ1) is 46.2. The van der Waals surface area contributed by atoms with Crippen molar-refractivity contribution in [1.82, 2.24) is 14.2 Å². The third kappa shape index (κ3) is 18.3. The summed E-state index contributed by atoms with van der Waals surface area (Å²) in [4.78, 5) is 0. The molecule has 278 valence electrons. The Balaban J connectivity index is 6.11. The largest absolute Gasteiger partial charge is 0.313 e. The lowest BCUT2D eigenvalue weighted by Gasteiger charge is -2.33. The van der Waals surface area contributed by atoms with E-state index in [0.29, 0.717) is 64.2 Å². The predicted molar refractivity (Wildman–Crippen MR) is 191 cm³/mol. The number of rotatable bonds is 34. The Kier molecular flexibility index (Phi) is 26.9. The fourth-order valence-corrected chi connectivity index (χ4v) is 13.2. The lowest BCUT2D eigenvalue weighted by molar-refractivity contribution is 0.503. The van der Waals surface area contributed by atoms with Crippen LogP contribution in [0.3, 0.4) is 0 Å². The van der Waals surface area contributed by atoms with E-state index in [1.165, 1.54) is 0 Å². The molecule has 0 aliphatic heterocycles. The van der Waals surface area contributed by atoms with E-state index in [1.54, 1.807) is 0 Å². The molecule has 12 nitrogen and oxygen atoms in total. The number of nitrogens with one attached hydrogen (secondary N) is 3. The average molecular weight is 735 g/mol. The van der Waals surface area contributed by atoms with Gasteiger partial charge in [-0.25, -0.2) is 39.4 Å². The van der Waals surface area contributed by atoms with Crippen molar-refractivity contribution in [3.05, 3.63) is 0 Å². The summed E-state index contributed by atoms with van der Waals surface area (Å²) in [7, 11) is -14.9. The molecule has 0 spiro atoms. The highest BCUT2D eigenvalue weighted by atomic mass is 32.3. The first-order valence-corrected chi connectivity index (χ1v) is 22.5. The quantitative estimate of drug-likeness (QED) is 0.0597. The first-order valence-electron chi connectivity index (χ1n) is 18.1. The van der Waals surface area contributed by atoms with Crippen molar-refractivity contribution in [3.8, 4) is 18.2 Å². The van der Waals surface area contributed by atoms with Crippen LogP contribution in [-0.2, 0) is 30.1 Å². The summed E-state index contributed by atoms with van der Waals surface area (Å²) in [5, 5.41) is 26.1. The Morgan fingerprint density at radius 2 is 0.688 bits per heavy atom. The maximum Gasteiger partial charge on any atom is 0.313 e. The summed E-state index contributed by atoms with van der Waals surface area (Å²) in [6, 6.07) is 6.27. The smallest absolute Gasteiger partial charge is 0.213 e. The molecule has 0 saturated carbocycles. The van der Waals surface area contributed by atoms with E-state index < -0.39 is 39.9 Å². The van der Waals surface area contributed by atoms with Crippen molar-refractivity contribution in [2.24, 2.45) is 0 Å². The number of sulfonamides is 3. The van der Waals surface area contributed by atoms with Crippen molar-refractivity contribution in [1.29, 1.82) is 15.8 Å². The molecular weight excluding hydrogens is 673 g/mol. The van der Waals surface area contributed by atoms with Crippen LogP contribution in [0.15, 0.2) is 0 Å². The zero-order valence-electron chi connectivity index (χ0n) is 29.3. The monoisotopic (exact) mass is 734 g/mol. The van der Waals surface area contributed by atoms with E-state index in [1.807, 2.05) is 0 Å². The van der Waals surface area contributed by atoms with Gasteiger partial charge in [0, 0.05) is 45.3 Å². The molecule has 0 aromatic rings. The molecule has 0 atom stereocenters. The topological polar surface area (TPSA) is 210 Å². The Labute approximate surface area is 293 Å². The molecule has 3 N–H and O–H groups in total. The molecule has 0 aliphatic rings. The Bertz CT molecular complexity index is 1140. The molecule has 0 rings (SSSR count). The number of hydrogen-bond acceptors (Lipinski definition) is 9. The molecule has 15 heteroatoms. The Hall–Kier alpha value is -1.80. The van der Waals surface area contributed by atoms with Gasteiger partial charge in [-0.15, -0.1) is 0 Å². The average Bonchev–Trinajstić information content (AvgIpc) is 3.04. The third-order valence-corrected chi connectivity index (χ3v) is 17.1. The number of hydrogen-bond donors (Lipinski definition) is 3. The molecule has 0 heterocycles. The minimum Gasteiger partial charge on any atom is -0.213 e. The standard InChI is InChI=1S/C33H62N6O6S3/c1-2-3-4-5-12-19-26-33(46(40,41)37-30-23-16-9-6-13-20-27-34,47(42,43)38-31-24-17-10-7-14-21-28-35)48(44,45)39-32-25-18-11-8-15-22-29-36/h37-39H,2-26,30-32H2,1H3. The molecule has 0 bridgehead atoms. The van der Waals surface area contributed by atoms with Gasteiger partial charge in [0.1, 0.15) is 0 Å². The van der Waals surface area contributed by atoms with E-state index in [0.717, 1.165) is 83.5 Å². The highest BCUT2D eigenvalue weighted by molar-refractivity contribution is 8.24. The summed E-state index contributed by atoms with van der Waals surface area (Å²) in [5.74, 6) is 0. The highest BCUT2D eigenvalue weighted by Crippen LogP contribution is 2.36. The second kappa shape index (κ2) is 28.0. The molecule has 0 unspecified atom stereocenters. The third-order valence-electron chi connectivity index (χ3n) is 8.34. The van der Waals surface area contributed by atoms with Crippen LogP contribution in [-0.4, -0.2) is 48.3 Å². The van der Waals surface area contributed by atoms with Crippen molar-refractivity contribution in [2.45, 2.75) is 171 Å². The van der Waals surface area contributed by atoms with Crippen LogP contribution in [0.1, 0.15) is 167 Å². The van der Waals surface area contributed by atoms with Crippen LogP contribution in [0.2, 0.25) is 0 Å². The second-order valence-corrected chi connectivity index (χ2v) is 19.2. The number of unbranched alkanes of at least 4 members (excludes halogenated alkanes) is 20. The van der Waals surface area contributed by atoms with Crippen molar-refractivity contribution < 1.29 is 25.3 Å². The zero-order valence-corrected chi connectivity index (χ0v) is 31.8. The van der Waals surface area contributed by atoms with E-state index >= 15 is 0 Å². The minimum absolute atomic E-state index is 0.100. The molecule has 0 amide bonds. The summed E-state index contributed by atoms with van der Waals surface area (Å²) in [5.41, 5.74) is 0. The summed E-state index contributed by atoms with van der Waals surface area (Å²) >= 11 is 0. The van der Waals surface area contributed by atoms with Gasteiger partial charge in [0.25, 0.3) is 0 Å². The predicted octanol–water partition coefficient (Wildman–Crippen LogP) is 6.74. The fraction of sp³-hybridized carbons (Fsp3) is 0.909. The molecule has 0 aromatic carbocycles. The molecule has 48 heavy (non-hydrogen) atoms. The van der Waals surface area contributed by atoms with Crippen LogP contribution in [0.25, 0.3) is 0 Å². The van der Waals surface area contributed by atoms with Gasteiger partial charge < -0.3 is 0 Å². The SMILES string of the molecule is CCCCCCCCC(S(=O)(=O)NCCCCCCCC#N)(S(=O)(=O)NCCCCCCCC#N)S(=O)(=O)NCCCCCCCC#N. The van der Waals surface area contributed by atoms with Gasteiger partial charge in [-0.3, -0.25) is 0 Å². The van der Waals surface area contributed by atoms with Gasteiger partial charge in [0.2, 0.25) is 30.1 Å². The zero-order chi connectivity index (χ0) is 36.0. The van der Waals surface area contributed by atoms with Gasteiger partial charge >= 0.3 is 3.41 Å². The second-order valence-electron chi connectivity index (χ2n) is 12.4. The van der Waals surface area contributed by atoms with Crippen molar-refractivity contribution in [2.75, 3.05) is 19.6 Å². The maximum atomic E-state index is 14.1. The highest BCUT2D eigenvalue weighted by Gasteiger charge is 2.64. The number of nitriles is 3. The van der Waals surface area contributed by atoms with Crippen LogP contribution < -0.4 is 14.2 Å². The van der Waals surface area contributed by atoms with Crippen molar-refractivity contribution in [3.63, 3.8) is 0 Å². The number of nitrogens with zero attached hydrogens (tertiary/aromatic N) is 3. The maximum absolute atomic E-state index is 14.1. The lowest BCUT2D eigenvalue weighted by Crippen LogP contribution is -2.63. The molecule has 0 saturated heterocycles. The van der Waals surface area contributed by atoms with Gasteiger partial charge in [0.05, 0.1) is 18.2 Å². The molecular formula is C33H62N6O6S3. The van der Waals surface area contributed by atoms with Gasteiger partial charge in [-0.05, 0) is 44.9 Å². The summed E-state index contributed by atoms with van der Waals surface area (Å²) in [6.45, 7) is 1.75. The Morgan fingerprint density at radius 1 is 0.417 bits per heavy atom. The van der Waals surface area contributed by atoms with Gasteiger partial charge in [-0.2, -0.15) is 15.8 Å². The van der Waals surface area contributed by atoms with E-state index in [9.17, 15) is 25.3 Å². The normalized spacial score (nSPS) is 12.4. The summed E-state index contributed by atoms with van der Waals surface area (Å²) < 4.78 is 88.6. The van der Waals surface area contributed by atoms with Crippen LogP contribution >= 0.6 is 0 Å². The molecule has 0 fully saturated rings. The fourth-order valence-electron chi connectivity index (χ4n) is 5.49. The Morgan fingerprint density at radius 3 is 1.00 bits per heavy atom. The van der Waals surface area contributed by atoms with E-state index in [4.69, 9.17) is 15.8 Å². The van der Waals surface area contributed by atoms with Crippen LogP contribution in [0.5, 0.6) is 0 Å². The van der Waals surface area contributed by atoms with Crippen LogP contribution in [0.4, 0.5) is 0 Å². The van der Waals surface area contributed by atoms with Gasteiger partial charge in [-0.1, -0.05) is 96.8 Å². The van der Waals surface area contributed by atoms with Crippen LogP contribution in [0, 0.1) is 34.0 Å². The van der Waals surface area contributed by atoms with E-state index in [2.05, 4.69) is 39.3 Å². The molecule has 0 radical (unpaired) electrons. The molecule has 0 aromatic heterocycles. The lowest BCUT2D eigenvalue weighted by atomic mass is 10.1. The minimum atomic E-state index is -4.97.